The molecule has 0 atom stereocenters. The smallest absolute Gasteiger partial charge is 0.416 e. The molecule has 0 amide bonds. The predicted octanol–water partition coefficient (Wildman–Crippen LogP) is 2.44. The van der Waals surface area contributed by atoms with Crippen LogP contribution in [0.25, 0.3) is 0 Å². The number of nitrogens with zero attached hydrogens (tertiary/aromatic N) is 2. The van der Waals surface area contributed by atoms with E-state index in [1.807, 2.05) is 0 Å². The fourth-order valence-electron chi connectivity index (χ4n) is 1.73. The normalized spacial score (nSPS) is 11.2. The van der Waals surface area contributed by atoms with Gasteiger partial charge in [0.2, 0.25) is 0 Å². The molecule has 0 saturated carbocycles. The highest BCUT2D eigenvalue weighted by molar-refractivity contribution is 5.76. The van der Waals surface area contributed by atoms with Crippen LogP contribution in [0.4, 0.5) is 24.5 Å². The maximum Gasteiger partial charge on any atom is 0.416 e. The maximum atomic E-state index is 12.7. The number of carboxylic acids is 1. The van der Waals surface area contributed by atoms with E-state index in [0.29, 0.717) is 6.07 Å². The zero-order valence-electron chi connectivity index (χ0n) is 10.6. The van der Waals surface area contributed by atoms with Crippen LogP contribution in [0.2, 0.25) is 0 Å². The Balaban J connectivity index is 3.43. The van der Waals surface area contributed by atoms with Crippen LogP contribution in [-0.4, -0.2) is 29.6 Å². The third-order valence-electron chi connectivity index (χ3n) is 2.61. The molecule has 1 N–H and O–H groups in total. The first-order chi connectivity index (χ1) is 9.04. The van der Waals surface area contributed by atoms with Gasteiger partial charge in [0, 0.05) is 13.1 Å². The van der Waals surface area contributed by atoms with Crippen molar-refractivity contribution in [3.05, 3.63) is 33.4 Å². The van der Waals surface area contributed by atoms with Crippen LogP contribution in [0.3, 0.4) is 0 Å². The van der Waals surface area contributed by atoms with Crippen LogP contribution in [0.5, 0.6) is 0 Å². The zero-order valence-corrected chi connectivity index (χ0v) is 10.6. The van der Waals surface area contributed by atoms with E-state index in [-0.39, 0.29) is 11.3 Å². The standard InChI is InChI=1S/C11H11F3N2O4/c1-6-3-8(15(2)5-10(17)18)9(16(19)20)4-7(6)11(12,13)14/h3-4H,5H2,1-2H3,(H,17,18). The Kier molecular flexibility index (Phi) is 4.21. The lowest BCUT2D eigenvalue weighted by molar-refractivity contribution is -0.384. The van der Waals surface area contributed by atoms with Gasteiger partial charge in [-0.25, -0.2) is 0 Å². The van der Waals surface area contributed by atoms with Crippen molar-refractivity contribution in [1.29, 1.82) is 0 Å². The average molecular weight is 292 g/mol. The van der Waals surface area contributed by atoms with E-state index >= 15 is 0 Å². The highest BCUT2D eigenvalue weighted by atomic mass is 19.4. The Bertz CT molecular complexity index is 557. The molecule has 6 nitrogen and oxygen atoms in total. The van der Waals surface area contributed by atoms with E-state index in [1.54, 1.807) is 0 Å². The lowest BCUT2D eigenvalue weighted by atomic mass is 10.1. The van der Waals surface area contributed by atoms with E-state index < -0.39 is 34.9 Å². The number of nitro groups is 1. The molecular weight excluding hydrogens is 281 g/mol. The van der Waals surface area contributed by atoms with Gasteiger partial charge in [-0.1, -0.05) is 0 Å². The van der Waals surface area contributed by atoms with Crippen molar-refractivity contribution in [2.24, 2.45) is 0 Å². The van der Waals surface area contributed by atoms with Gasteiger partial charge in [0.25, 0.3) is 5.69 Å². The van der Waals surface area contributed by atoms with Gasteiger partial charge in [0.15, 0.2) is 0 Å². The highest BCUT2D eigenvalue weighted by Crippen LogP contribution is 2.38. The second-order valence-corrected chi connectivity index (χ2v) is 4.16. The molecule has 0 heterocycles. The van der Waals surface area contributed by atoms with Crippen LogP contribution in [0.15, 0.2) is 12.1 Å². The Hall–Kier alpha value is -2.32. The van der Waals surface area contributed by atoms with Crippen LogP contribution in [0.1, 0.15) is 11.1 Å². The van der Waals surface area contributed by atoms with Crippen molar-refractivity contribution in [3.8, 4) is 0 Å². The molecule has 1 aromatic carbocycles. The summed E-state index contributed by atoms with van der Waals surface area (Å²) in [5.74, 6) is -1.25. The monoisotopic (exact) mass is 292 g/mol. The molecule has 0 saturated heterocycles. The molecule has 20 heavy (non-hydrogen) atoms. The van der Waals surface area contributed by atoms with Gasteiger partial charge in [-0.05, 0) is 18.6 Å². The molecule has 1 aromatic rings. The molecule has 0 unspecified atom stereocenters. The van der Waals surface area contributed by atoms with E-state index in [4.69, 9.17) is 5.11 Å². The molecule has 1 rings (SSSR count). The van der Waals surface area contributed by atoms with Crippen LogP contribution in [-0.2, 0) is 11.0 Å². The van der Waals surface area contributed by atoms with E-state index in [9.17, 15) is 28.1 Å². The first kappa shape index (κ1) is 15.7. The van der Waals surface area contributed by atoms with Gasteiger partial charge in [0.05, 0.1) is 10.5 Å². The molecule has 0 spiro atoms. The highest BCUT2D eigenvalue weighted by Gasteiger charge is 2.35. The number of anilines is 1. The number of hydrogen-bond acceptors (Lipinski definition) is 4. The van der Waals surface area contributed by atoms with Crippen molar-refractivity contribution < 1.29 is 28.0 Å². The van der Waals surface area contributed by atoms with Crippen molar-refractivity contribution in [2.75, 3.05) is 18.5 Å². The zero-order chi connectivity index (χ0) is 15.7. The number of benzene rings is 1. The van der Waals surface area contributed by atoms with Crippen molar-refractivity contribution in [1.82, 2.24) is 0 Å². The third kappa shape index (κ3) is 3.37. The lowest BCUT2D eigenvalue weighted by Crippen LogP contribution is -2.26. The summed E-state index contributed by atoms with van der Waals surface area (Å²) in [4.78, 5) is 21.5. The predicted molar refractivity (Wildman–Crippen MR) is 63.7 cm³/mol. The molecule has 0 bridgehead atoms. The minimum Gasteiger partial charge on any atom is -0.480 e. The minimum atomic E-state index is -4.71. The van der Waals surface area contributed by atoms with Crippen LogP contribution in [0, 0.1) is 17.0 Å². The summed E-state index contributed by atoms with van der Waals surface area (Å²) in [5, 5.41) is 19.5. The Morgan fingerprint density at radius 2 is 2.00 bits per heavy atom. The van der Waals surface area contributed by atoms with Gasteiger partial charge >= 0.3 is 12.1 Å². The number of carboxylic acid groups (broad SMARTS) is 1. The number of alkyl halides is 3. The summed E-state index contributed by atoms with van der Waals surface area (Å²) < 4.78 is 38.1. The fourth-order valence-corrected chi connectivity index (χ4v) is 1.73. The molecule has 0 aromatic heterocycles. The van der Waals surface area contributed by atoms with E-state index in [0.717, 1.165) is 17.9 Å². The topological polar surface area (TPSA) is 83.7 Å². The largest absolute Gasteiger partial charge is 0.480 e. The van der Waals surface area contributed by atoms with Gasteiger partial charge in [-0.2, -0.15) is 13.2 Å². The average Bonchev–Trinajstić information content (AvgIpc) is 2.25. The number of nitro benzene ring substituents is 1. The van der Waals surface area contributed by atoms with Crippen LogP contribution < -0.4 is 4.90 Å². The van der Waals surface area contributed by atoms with Gasteiger partial charge in [0.1, 0.15) is 12.2 Å². The summed E-state index contributed by atoms with van der Waals surface area (Å²) in [6.45, 7) is 0.594. The molecule has 0 aliphatic carbocycles. The second kappa shape index (κ2) is 5.35. The maximum absolute atomic E-state index is 12.7. The van der Waals surface area contributed by atoms with Crippen molar-refractivity contribution in [3.63, 3.8) is 0 Å². The lowest BCUT2D eigenvalue weighted by Gasteiger charge is -2.19. The Labute approximate surface area is 111 Å². The Morgan fingerprint density at radius 3 is 2.40 bits per heavy atom. The summed E-state index contributed by atoms with van der Waals surface area (Å²) >= 11 is 0. The number of halogens is 3. The molecule has 0 fully saturated rings. The SMILES string of the molecule is Cc1cc(N(C)CC(=O)O)c([N+](=O)[O-])cc1C(F)(F)F. The Morgan fingerprint density at radius 1 is 1.45 bits per heavy atom. The van der Waals surface area contributed by atoms with Gasteiger partial charge < -0.3 is 10.0 Å². The number of hydrogen-bond donors (Lipinski definition) is 1. The number of likely N-dealkylation sites (N-methyl/N-ethyl adjacent to an activating group) is 1. The third-order valence-corrected chi connectivity index (χ3v) is 2.61. The number of aliphatic carboxylic acids is 1. The summed E-state index contributed by atoms with van der Waals surface area (Å²) in [6.07, 6.45) is -4.71. The van der Waals surface area contributed by atoms with E-state index in [1.165, 1.54) is 7.05 Å². The molecule has 110 valence electrons. The van der Waals surface area contributed by atoms with E-state index in [2.05, 4.69) is 0 Å². The van der Waals surface area contributed by atoms with Crippen LogP contribution >= 0.6 is 0 Å². The molecule has 9 heteroatoms. The van der Waals surface area contributed by atoms with Crippen molar-refractivity contribution >= 4 is 17.3 Å². The summed E-state index contributed by atoms with van der Waals surface area (Å²) in [6, 6.07) is 1.38. The number of aryl methyl sites for hydroxylation is 1. The second-order valence-electron chi connectivity index (χ2n) is 4.16. The van der Waals surface area contributed by atoms with Crippen molar-refractivity contribution in [2.45, 2.75) is 13.1 Å². The summed E-state index contributed by atoms with van der Waals surface area (Å²) in [5.41, 5.74) is -2.29. The van der Waals surface area contributed by atoms with Gasteiger partial charge in [-0.15, -0.1) is 0 Å². The first-order valence-electron chi connectivity index (χ1n) is 5.33. The number of rotatable bonds is 4. The number of carbonyl (C=O) groups is 1. The molecule has 0 aliphatic rings. The first-order valence-corrected chi connectivity index (χ1v) is 5.33. The quantitative estimate of drug-likeness (QED) is 0.680. The molecule has 0 radical (unpaired) electrons. The fraction of sp³-hybridized carbons (Fsp3) is 0.364. The molecule has 0 aliphatic heterocycles. The summed E-state index contributed by atoms with van der Waals surface area (Å²) in [7, 11) is 1.25. The minimum absolute atomic E-state index is 0.178. The molecular formula is C11H11F3N2O4. The van der Waals surface area contributed by atoms with Gasteiger partial charge in [-0.3, -0.25) is 14.9 Å².